The number of amides is 6. The number of likely N-dealkylation sites (tertiary alicyclic amines) is 4. The van der Waals surface area contributed by atoms with Crippen LogP contribution in [-0.4, -0.2) is 106 Å². The standard InChI is InChI=1S/C46H50N6O6S2/c53-41-27-33(29-49(41)23-19-37-5-3-25-59-37)45(57)51-21-1-7-39(51)43(55)47-35-15-11-31(12-16-35)9-10-32-13-17-36(18-14-32)48-44(56)40-8-2-22-52(40)46(58)34-28-42(54)50(30-34)24-20-38-6-4-26-60-38/h3-6,9-18,25-26,33-34,39-40H,1-2,7-8,19-24,27-30H2,(H,47,55)(H,48,56)/t33?,34?,39-,40-/m0/s1. The molecule has 2 N–H and O–H groups in total. The highest BCUT2D eigenvalue weighted by Gasteiger charge is 2.43. The van der Waals surface area contributed by atoms with Gasteiger partial charge < -0.3 is 30.2 Å². The van der Waals surface area contributed by atoms with Crippen molar-refractivity contribution in [1.82, 2.24) is 19.6 Å². The van der Waals surface area contributed by atoms with Crippen molar-refractivity contribution in [2.75, 3.05) is 49.9 Å². The van der Waals surface area contributed by atoms with Gasteiger partial charge in [-0.1, -0.05) is 48.6 Å². The second kappa shape index (κ2) is 18.8. The smallest absolute Gasteiger partial charge is 0.247 e. The van der Waals surface area contributed by atoms with Crippen molar-refractivity contribution in [1.29, 1.82) is 0 Å². The summed E-state index contributed by atoms with van der Waals surface area (Å²) in [6, 6.07) is 21.9. The van der Waals surface area contributed by atoms with Crippen molar-refractivity contribution in [3.63, 3.8) is 0 Å². The lowest BCUT2D eigenvalue weighted by molar-refractivity contribution is -0.140. The quantitative estimate of drug-likeness (QED) is 0.149. The first-order chi connectivity index (χ1) is 29.2. The molecule has 8 rings (SSSR count). The number of carbonyl (C=O) groups is 6. The molecule has 2 aromatic carbocycles. The zero-order chi connectivity index (χ0) is 41.6. The summed E-state index contributed by atoms with van der Waals surface area (Å²) in [5.41, 5.74) is 3.13. The Morgan fingerprint density at radius 1 is 0.600 bits per heavy atom. The van der Waals surface area contributed by atoms with Gasteiger partial charge >= 0.3 is 0 Å². The van der Waals surface area contributed by atoms with Crippen molar-refractivity contribution >= 4 is 81.6 Å². The van der Waals surface area contributed by atoms with E-state index >= 15 is 0 Å². The van der Waals surface area contributed by atoms with Crippen LogP contribution in [0.25, 0.3) is 12.2 Å². The van der Waals surface area contributed by atoms with E-state index in [9.17, 15) is 28.8 Å². The molecule has 6 heterocycles. The van der Waals surface area contributed by atoms with Gasteiger partial charge in [0.05, 0.1) is 11.8 Å². The molecule has 4 aliphatic heterocycles. The normalized spacial score (nSPS) is 21.7. The van der Waals surface area contributed by atoms with Gasteiger partial charge in [-0.25, -0.2) is 0 Å². The molecule has 0 radical (unpaired) electrons. The lowest BCUT2D eigenvalue weighted by atomic mass is 10.1. The number of hydrogen-bond donors (Lipinski definition) is 2. The monoisotopic (exact) mass is 846 g/mol. The average molecular weight is 847 g/mol. The van der Waals surface area contributed by atoms with Gasteiger partial charge in [0.2, 0.25) is 35.4 Å². The molecule has 4 aromatic rings. The second-order valence-corrected chi connectivity index (χ2v) is 18.1. The minimum atomic E-state index is -0.568. The molecular formula is C46H50N6O6S2. The molecule has 0 spiro atoms. The van der Waals surface area contributed by atoms with Gasteiger partial charge in [0, 0.05) is 73.2 Å². The Morgan fingerprint density at radius 3 is 1.40 bits per heavy atom. The summed E-state index contributed by atoms with van der Waals surface area (Å²) in [6.07, 6.45) is 8.50. The number of hydrogen-bond acceptors (Lipinski definition) is 8. The Morgan fingerprint density at radius 2 is 1.02 bits per heavy atom. The number of rotatable bonds is 14. The number of benzene rings is 2. The maximum Gasteiger partial charge on any atom is 0.247 e. The van der Waals surface area contributed by atoms with Gasteiger partial charge in [-0.2, -0.15) is 0 Å². The van der Waals surface area contributed by atoms with Crippen molar-refractivity contribution in [2.45, 2.75) is 63.5 Å². The Kier molecular flexibility index (Phi) is 12.9. The fourth-order valence-corrected chi connectivity index (χ4v) is 10.2. The zero-order valence-corrected chi connectivity index (χ0v) is 35.1. The van der Waals surface area contributed by atoms with E-state index in [1.165, 1.54) is 9.75 Å². The average Bonchev–Trinajstić information content (AvgIpc) is 4.12. The molecule has 60 heavy (non-hydrogen) atoms. The molecule has 4 fully saturated rings. The van der Waals surface area contributed by atoms with E-state index in [4.69, 9.17) is 0 Å². The zero-order valence-electron chi connectivity index (χ0n) is 33.5. The van der Waals surface area contributed by atoms with Crippen LogP contribution >= 0.6 is 22.7 Å². The van der Waals surface area contributed by atoms with Gasteiger partial charge in [-0.3, -0.25) is 28.8 Å². The highest BCUT2D eigenvalue weighted by atomic mass is 32.1. The summed E-state index contributed by atoms with van der Waals surface area (Å²) in [5.74, 6) is -1.54. The summed E-state index contributed by atoms with van der Waals surface area (Å²) in [5, 5.41) is 10.0. The van der Waals surface area contributed by atoms with Crippen LogP contribution in [0.5, 0.6) is 0 Å². The Balaban J connectivity index is 0.787. The van der Waals surface area contributed by atoms with E-state index in [0.717, 1.165) is 36.8 Å². The third-order valence-corrected chi connectivity index (χ3v) is 13.9. The molecular weight excluding hydrogens is 797 g/mol. The summed E-state index contributed by atoms with van der Waals surface area (Å²) in [7, 11) is 0. The van der Waals surface area contributed by atoms with E-state index in [1.54, 1.807) is 42.3 Å². The minimum absolute atomic E-state index is 0.00455. The van der Waals surface area contributed by atoms with Crippen molar-refractivity contribution < 1.29 is 28.8 Å². The van der Waals surface area contributed by atoms with Gasteiger partial charge in [0.25, 0.3) is 0 Å². The molecule has 6 amide bonds. The van der Waals surface area contributed by atoms with E-state index in [1.807, 2.05) is 83.6 Å². The lowest BCUT2D eigenvalue weighted by Crippen LogP contribution is -2.46. The molecule has 0 aliphatic carbocycles. The largest absolute Gasteiger partial charge is 0.342 e. The molecule has 4 saturated heterocycles. The Labute approximate surface area is 358 Å². The topological polar surface area (TPSA) is 139 Å². The maximum absolute atomic E-state index is 13.5. The predicted molar refractivity (Wildman–Crippen MR) is 234 cm³/mol. The van der Waals surface area contributed by atoms with Gasteiger partial charge in [0.1, 0.15) is 12.1 Å². The minimum Gasteiger partial charge on any atom is -0.342 e. The molecule has 312 valence electrons. The fraction of sp³-hybridized carbons (Fsp3) is 0.391. The maximum atomic E-state index is 13.5. The summed E-state index contributed by atoms with van der Waals surface area (Å²) < 4.78 is 0. The van der Waals surface area contributed by atoms with E-state index in [0.29, 0.717) is 63.5 Å². The summed E-state index contributed by atoms with van der Waals surface area (Å²) >= 11 is 3.33. The second-order valence-electron chi connectivity index (χ2n) is 16.1. The number of nitrogens with one attached hydrogen (secondary N) is 2. The predicted octanol–water partition coefficient (Wildman–Crippen LogP) is 6.02. The summed E-state index contributed by atoms with van der Waals surface area (Å²) in [6.45, 7) is 3.00. The SMILES string of the molecule is O=C(Nc1ccc(C=Cc2ccc(NC(=O)[C@@H]3CCCN3C(=O)C3CC(=O)N(CCc4cccs4)C3)cc2)cc1)[C@@H]1CCCN1C(=O)C1CC(=O)N(CCc2cccs2)C1. The highest BCUT2D eigenvalue weighted by Crippen LogP contribution is 2.29. The first-order valence-electron chi connectivity index (χ1n) is 20.9. The van der Waals surface area contributed by atoms with Crippen molar-refractivity contribution in [3.8, 4) is 0 Å². The molecule has 2 unspecified atom stereocenters. The van der Waals surface area contributed by atoms with Gasteiger partial charge in [-0.15, -0.1) is 22.7 Å². The van der Waals surface area contributed by atoms with E-state index in [2.05, 4.69) is 22.8 Å². The number of nitrogens with zero attached hydrogens (tertiary/aromatic N) is 4. The molecule has 0 bridgehead atoms. The van der Waals surface area contributed by atoms with Crippen LogP contribution in [-0.2, 0) is 41.6 Å². The van der Waals surface area contributed by atoms with E-state index < -0.39 is 23.9 Å². The molecule has 0 saturated carbocycles. The van der Waals surface area contributed by atoms with Crippen LogP contribution in [0.2, 0.25) is 0 Å². The number of anilines is 2. The Bertz CT molecular complexity index is 2050. The van der Waals surface area contributed by atoms with Crippen LogP contribution < -0.4 is 10.6 Å². The highest BCUT2D eigenvalue weighted by molar-refractivity contribution is 7.10. The molecule has 2 aromatic heterocycles. The van der Waals surface area contributed by atoms with Crippen molar-refractivity contribution in [2.24, 2.45) is 11.8 Å². The lowest BCUT2D eigenvalue weighted by Gasteiger charge is -2.26. The molecule has 12 nitrogen and oxygen atoms in total. The van der Waals surface area contributed by atoms with Gasteiger partial charge in [-0.05, 0) is 96.8 Å². The molecule has 4 atom stereocenters. The fourth-order valence-electron chi connectivity index (χ4n) is 8.78. The Hall–Kier alpha value is -5.60. The number of thiophene rings is 2. The molecule has 14 heteroatoms. The van der Waals surface area contributed by atoms with Crippen LogP contribution in [0, 0.1) is 11.8 Å². The first-order valence-corrected chi connectivity index (χ1v) is 22.7. The van der Waals surface area contributed by atoms with Crippen LogP contribution in [0.15, 0.2) is 83.6 Å². The first kappa shape index (κ1) is 41.1. The van der Waals surface area contributed by atoms with Gasteiger partial charge in [0.15, 0.2) is 0 Å². The van der Waals surface area contributed by atoms with Crippen LogP contribution in [0.4, 0.5) is 11.4 Å². The van der Waals surface area contributed by atoms with Crippen LogP contribution in [0.1, 0.15) is 59.4 Å². The third-order valence-electron chi connectivity index (χ3n) is 12.0. The van der Waals surface area contributed by atoms with Crippen LogP contribution in [0.3, 0.4) is 0 Å². The molecule has 4 aliphatic rings. The van der Waals surface area contributed by atoms with E-state index in [-0.39, 0.29) is 48.3 Å². The summed E-state index contributed by atoms with van der Waals surface area (Å²) in [4.78, 5) is 88.6. The third kappa shape index (κ3) is 9.71. The van der Waals surface area contributed by atoms with Crippen molar-refractivity contribution in [3.05, 3.63) is 104 Å². The number of carbonyl (C=O) groups excluding carboxylic acids is 6.